The van der Waals surface area contributed by atoms with Crippen molar-refractivity contribution in [2.45, 2.75) is 33.4 Å². The third kappa shape index (κ3) is 4.22. The van der Waals surface area contributed by atoms with Gasteiger partial charge in [0.15, 0.2) is 0 Å². The second-order valence-corrected chi connectivity index (χ2v) is 8.44. The summed E-state index contributed by atoms with van der Waals surface area (Å²) in [6.45, 7) is 9.45. The summed E-state index contributed by atoms with van der Waals surface area (Å²) < 4.78 is 8.26. The van der Waals surface area contributed by atoms with Crippen LogP contribution >= 0.6 is 0 Å². The fourth-order valence-electron chi connectivity index (χ4n) is 4.17. The summed E-state index contributed by atoms with van der Waals surface area (Å²) in [7, 11) is 0. The van der Waals surface area contributed by atoms with Crippen molar-refractivity contribution in [1.29, 1.82) is 0 Å². The molecule has 0 radical (unpaired) electrons. The Balaban J connectivity index is 1.28. The van der Waals surface area contributed by atoms with Gasteiger partial charge in [0.05, 0.1) is 35.6 Å². The molecule has 5 rings (SSSR count). The van der Waals surface area contributed by atoms with Gasteiger partial charge in [0.2, 0.25) is 0 Å². The van der Waals surface area contributed by atoms with Crippen LogP contribution in [0.15, 0.2) is 55.0 Å². The van der Waals surface area contributed by atoms with Gasteiger partial charge in [-0.25, -0.2) is 9.97 Å². The second-order valence-electron chi connectivity index (χ2n) is 8.44. The van der Waals surface area contributed by atoms with Gasteiger partial charge in [0.1, 0.15) is 17.6 Å². The van der Waals surface area contributed by atoms with Crippen molar-refractivity contribution >= 4 is 17.2 Å². The second kappa shape index (κ2) is 8.68. The van der Waals surface area contributed by atoms with E-state index < -0.39 is 0 Å². The zero-order chi connectivity index (χ0) is 22.1. The van der Waals surface area contributed by atoms with E-state index >= 15 is 0 Å². The number of hydrogen-bond acceptors (Lipinski definition) is 6. The van der Waals surface area contributed by atoms with Crippen molar-refractivity contribution < 1.29 is 4.74 Å². The van der Waals surface area contributed by atoms with Crippen molar-refractivity contribution in [2.24, 2.45) is 0 Å². The summed E-state index contributed by atoms with van der Waals surface area (Å²) in [6, 6.07) is 12.3. The van der Waals surface area contributed by atoms with Crippen LogP contribution in [0.4, 0.5) is 11.5 Å². The number of fused-ring (bicyclic) bond motifs is 1. The number of ether oxygens (including phenoxy) is 1. The number of rotatable bonds is 5. The lowest BCUT2D eigenvalue weighted by atomic mass is 10.1. The lowest BCUT2D eigenvalue weighted by Crippen LogP contribution is -2.38. The van der Waals surface area contributed by atoms with Crippen molar-refractivity contribution in [3.8, 4) is 0 Å². The summed E-state index contributed by atoms with van der Waals surface area (Å²) in [5.41, 5.74) is 7.51. The van der Waals surface area contributed by atoms with E-state index in [0.717, 1.165) is 53.7 Å². The first-order valence-electron chi connectivity index (χ1n) is 11.0. The van der Waals surface area contributed by atoms with E-state index in [9.17, 15) is 0 Å². The fourth-order valence-corrected chi connectivity index (χ4v) is 4.17. The van der Waals surface area contributed by atoms with Crippen LogP contribution in [-0.2, 0) is 11.3 Å². The van der Waals surface area contributed by atoms with Crippen LogP contribution < -0.4 is 5.32 Å². The Morgan fingerprint density at radius 3 is 2.84 bits per heavy atom. The normalized spacial score (nSPS) is 17.0. The molecule has 0 aromatic carbocycles. The fraction of sp³-hybridized carbons (Fsp3) is 0.320. The molecule has 1 aliphatic rings. The molecule has 1 N–H and O–H groups in total. The van der Waals surface area contributed by atoms with E-state index in [4.69, 9.17) is 9.72 Å². The van der Waals surface area contributed by atoms with Crippen LogP contribution in [0.5, 0.6) is 0 Å². The van der Waals surface area contributed by atoms with Gasteiger partial charge in [-0.3, -0.25) is 9.88 Å². The lowest BCUT2D eigenvalue weighted by molar-refractivity contribution is -0.0354. The van der Waals surface area contributed by atoms with Gasteiger partial charge >= 0.3 is 0 Å². The number of hydrogen-bond donors (Lipinski definition) is 1. The Morgan fingerprint density at radius 2 is 2.03 bits per heavy atom. The quantitative estimate of drug-likeness (QED) is 0.509. The van der Waals surface area contributed by atoms with Crippen LogP contribution in [0.3, 0.4) is 0 Å². The van der Waals surface area contributed by atoms with E-state index in [-0.39, 0.29) is 6.10 Å². The summed E-state index contributed by atoms with van der Waals surface area (Å²) in [5.74, 6) is 0.848. The number of anilines is 2. The Kier molecular flexibility index (Phi) is 5.59. The Hall–Kier alpha value is -3.29. The molecule has 0 aliphatic carbocycles. The minimum Gasteiger partial charge on any atom is -0.369 e. The highest BCUT2D eigenvalue weighted by atomic mass is 16.5. The largest absolute Gasteiger partial charge is 0.369 e. The number of imidazole rings is 1. The van der Waals surface area contributed by atoms with Gasteiger partial charge in [0, 0.05) is 32.0 Å². The molecule has 5 heterocycles. The number of pyridine rings is 3. The van der Waals surface area contributed by atoms with Gasteiger partial charge in [-0.05, 0) is 62.2 Å². The smallest absolute Gasteiger partial charge is 0.137 e. The van der Waals surface area contributed by atoms with E-state index in [1.54, 1.807) is 6.20 Å². The SMILES string of the molecule is Cc1ccn2c(CN3CCO[C@@H](c4ccc(Nc5ncccc5C)cn4)C3)c(C)nc2c1. The minimum atomic E-state index is -0.0453. The van der Waals surface area contributed by atoms with Crippen LogP contribution in [0.25, 0.3) is 5.65 Å². The molecule has 0 saturated carbocycles. The minimum absolute atomic E-state index is 0.0453. The van der Waals surface area contributed by atoms with Gasteiger partial charge < -0.3 is 14.5 Å². The van der Waals surface area contributed by atoms with Crippen LogP contribution in [-0.4, -0.2) is 43.9 Å². The van der Waals surface area contributed by atoms with E-state index in [2.05, 4.69) is 56.8 Å². The third-order valence-corrected chi connectivity index (χ3v) is 5.99. The van der Waals surface area contributed by atoms with Gasteiger partial charge in [0.25, 0.3) is 0 Å². The number of aromatic nitrogens is 4. The van der Waals surface area contributed by atoms with Crippen LogP contribution in [0, 0.1) is 20.8 Å². The number of aryl methyl sites for hydroxylation is 3. The summed E-state index contributed by atoms with van der Waals surface area (Å²) >= 11 is 0. The molecule has 32 heavy (non-hydrogen) atoms. The van der Waals surface area contributed by atoms with E-state index in [0.29, 0.717) is 6.61 Å². The van der Waals surface area contributed by atoms with Crippen molar-refractivity contribution in [1.82, 2.24) is 24.3 Å². The molecule has 0 spiro atoms. The monoisotopic (exact) mass is 428 g/mol. The van der Waals surface area contributed by atoms with Gasteiger partial charge in [-0.1, -0.05) is 6.07 Å². The molecule has 0 bridgehead atoms. The number of nitrogens with zero attached hydrogens (tertiary/aromatic N) is 5. The molecule has 0 unspecified atom stereocenters. The maximum Gasteiger partial charge on any atom is 0.137 e. The summed E-state index contributed by atoms with van der Waals surface area (Å²) in [4.78, 5) is 16.2. The first-order chi connectivity index (χ1) is 15.6. The predicted octanol–water partition coefficient (Wildman–Crippen LogP) is 4.37. The zero-order valence-corrected chi connectivity index (χ0v) is 18.7. The van der Waals surface area contributed by atoms with Crippen molar-refractivity contribution in [2.75, 3.05) is 25.0 Å². The Bertz CT molecular complexity index is 1230. The first kappa shape index (κ1) is 20.6. The molecule has 0 amide bonds. The third-order valence-electron chi connectivity index (χ3n) is 5.99. The predicted molar refractivity (Wildman–Crippen MR) is 125 cm³/mol. The number of nitrogens with one attached hydrogen (secondary N) is 1. The van der Waals surface area contributed by atoms with Crippen LogP contribution in [0.2, 0.25) is 0 Å². The highest BCUT2D eigenvalue weighted by molar-refractivity contribution is 5.58. The zero-order valence-electron chi connectivity index (χ0n) is 18.7. The molecule has 7 heteroatoms. The topological polar surface area (TPSA) is 67.6 Å². The molecule has 7 nitrogen and oxygen atoms in total. The summed E-state index contributed by atoms with van der Waals surface area (Å²) in [6.07, 6.45) is 5.71. The highest BCUT2D eigenvalue weighted by Crippen LogP contribution is 2.25. The average Bonchev–Trinajstić information content (AvgIpc) is 3.10. The van der Waals surface area contributed by atoms with Crippen molar-refractivity contribution in [3.05, 3.63) is 83.2 Å². The maximum absolute atomic E-state index is 6.06. The maximum atomic E-state index is 6.06. The molecular weight excluding hydrogens is 400 g/mol. The lowest BCUT2D eigenvalue weighted by Gasteiger charge is -2.32. The molecule has 4 aromatic rings. The van der Waals surface area contributed by atoms with Crippen LogP contribution in [0.1, 0.15) is 34.3 Å². The molecular formula is C25H28N6O. The molecule has 1 aliphatic heterocycles. The molecule has 164 valence electrons. The molecule has 1 atom stereocenters. The van der Waals surface area contributed by atoms with Crippen molar-refractivity contribution in [3.63, 3.8) is 0 Å². The first-order valence-corrected chi connectivity index (χ1v) is 11.0. The molecule has 1 saturated heterocycles. The van der Waals surface area contributed by atoms with Gasteiger partial charge in [-0.15, -0.1) is 0 Å². The number of morpholine rings is 1. The van der Waals surface area contributed by atoms with E-state index in [1.165, 1.54) is 11.3 Å². The highest BCUT2D eigenvalue weighted by Gasteiger charge is 2.24. The Morgan fingerprint density at radius 1 is 1.12 bits per heavy atom. The molecule has 4 aromatic heterocycles. The Labute approximate surface area is 188 Å². The standard InChI is InChI=1S/C25H28N6O/c1-17-8-10-31-22(19(3)28-24(31)13-17)15-30-11-12-32-23(16-30)21-7-6-20(14-27-21)29-25-18(2)5-4-9-26-25/h4-10,13-14,23H,11-12,15-16H2,1-3H3,(H,26,29)/t23-/m1/s1. The van der Waals surface area contributed by atoms with Gasteiger partial charge in [-0.2, -0.15) is 0 Å². The van der Waals surface area contributed by atoms with E-state index in [1.807, 2.05) is 37.4 Å². The average molecular weight is 429 g/mol. The molecule has 1 fully saturated rings. The summed E-state index contributed by atoms with van der Waals surface area (Å²) in [5, 5.41) is 3.33.